The predicted molar refractivity (Wildman–Crippen MR) is 64.6 cm³/mol. The topological polar surface area (TPSA) is 29.1 Å². The summed E-state index contributed by atoms with van der Waals surface area (Å²) in [6, 6.07) is 9.35. The van der Waals surface area contributed by atoms with Gasteiger partial charge >= 0.3 is 0 Å². The number of benzene rings is 1. The van der Waals surface area contributed by atoms with Crippen LogP contribution in [-0.4, -0.2) is 10.9 Å². The smallest absolute Gasteiger partial charge is 0.242 e. The summed E-state index contributed by atoms with van der Waals surface area (Å²) in [5.74, 6) is -0.188. The molecule has 1 amide bonds. The Balaban J connectivity index is 2.71. The third-order valence-electron chi connectivity index (χ3n) is 1.66. The molecule has 0 aliphatic rings. The van der Waals surface area contributed by atoms with Crippen LogP contribution in [0.3, 0.4) is 0 Å². The van der Waals surface area contributed by atoms with Crippen LogP contribution >= 0.6 is 24.8 Å². The van der Waals surface area contributed by atoms with E-state index in [1.807, 2.05) is 30.3 Å². The van der Waals surface area contributed by atoms with E-state index in [9.17, 15) is 4.79 Å². The van der Waals surface area contributed by atoms with Gasteiger partial charge in [0.2, 0.25) is 5.91 Å². The number of rotatable bonds is 2. The summed E-state index contributed by atoms with van der Waals surface area (Å²) < 4.78 is 0. The Morgan fingerprint density at radius 1 is 1.43 bits per heavy atom. The number of carbonyl (C=O) groups excluding carboxylic acids is 1. The average molecular weight is 225 g/mol. The van der Waals surface area contributed by atoms with E-state index < -0.39 is 5.25 Å². The van der Waals surface area contributed by atoms with Crippen LogP contribution in [0.4, 0.5) is 0 Å². The first-order valence-electron chi connectivity index (χ1n) is 4.15. The highest BCUT2D eigenvalue weighted by Gasteiger charge is 2.15. The van der Waals surface area contributed by atoms with Gasteiger partial charge in [0.05, 0.1) is 4.99 Å². The minimum absolute atomic E-state index is 0.188. The molecule has 0 spiro atoms. The van der Waals surface area contributed by atoms with Gasteiger partial charge in [0, 0.05) is 0 Å². The fourth-order valence-electron chi connectivity index (χ4n) is 1.03. The Morgan fingerprint density at radius 2 is 2.00 bits per heavy atom. The lowest BCUT2D eigenvalue weighted by molar-refractivity contribution is -0.119. The van der Waals surface area contributed by atoms with Crippen LogP contribution in [0.1, 0.15) is 17.7 Å². The van der Waals surface area contributed by atoms with E-state index in [-0.39, 0.29) is 5.91 Å². The molecule has 0 aromatic heterocycles. The standard InChI is InChI=1S/C10H11NOS2/c1-7(13)11-10(12)9(14)8-5-3-2-4-6-8/h2-6,9,14H,1H3,(H,11,12,13). The van der Waals surface area contributed by atoms with Gasteiger partial charge in [0.25, 0.3) is 0 Å². The minimum Gasteiger partial charge on any atom is -0.319 e. The van der Waals surface area contributed by atoms with Crippen LogP contribution in [0.5, 0.6) is 0 Å². The Bertz CT molecular complexity index is 337. The van der Waals surface area contributed by atoms with Gasteiger partial charge in [-0.05, 0) is 12.5 Å². The van der Waals surface area contributed by atoms with E-state index in [0.717, 1.165) is 5.56 Å². The Labute approximate surface area is 94.1 Å². The van der Waals surface area contributed by atoms with Crippen molar-refractivity contribution in [3.8, 4) is 0 Å². The molecule has 1 aromatic carbocycles. The molecule has 1 aromatic rings. The third kappa shape index (κ3) is 3.12. The summed E-state index contributed by atoms with van der Waals surface area (Å²) in [7, 11) is 0. The Morgan fingerprint density at radius 3 is 2.50 bits per heavy atom. The Hall–Kier alpha value is -0.870. The lowest BCUT2D eigenvalue weighted by atomic mass is 10.1. The summed E-state index contributed by atoms with van der Waals surface area (Å²) in [4.78, 5) is 11.9. The molecule has 0 heterocycles. The van der Waals surface area contributed by atoms with E-state index in [1.54, 1.807) is 6.92 Å². The number of nitrogens with one attached hydrogen (secondary N) is 1. The van der Waals surface area contributed by atoms with Gasteiger partial charge in [0.15, 0.2) is 0 Å². The average Bonchev–Trinajstić information content (AvgIpc) is 2.17. The zero-order valence-electron chi connectivity index (χ0n) is 7.73. The largest absolute Gasteiger partial charge is 0.319 e. The molecule has 1 atom stereocenters. The zero-order valence-corrected chi connectivity index (χ0v) is 9.44. The van der Waals surface area contributed by atoms with Crippen LogP contribution < -0.4 is 5.32 Å². The second-order valence-corrected chi connectivity index (χ2v) is 3.99. The molecule has 1 unspecified atom stereocenters. The van der Waals surface area contributed by atoms with Gasteiger partial charge in [0.1, 0.15) is 5.25 Å². The van der Waals surface area contributed by atoms with E-state index in [4.69, 9.17) is 12.2 Å². The summed E-state index contributed by atoms with van der Waals surface area (Å²) in [5.41, 5.74) is 0.865. The molecule has 4 heteroatoms. The first kappa shape index (κ1) is 11.2. The Kier molecular flexibility index (Phi) is 4.10. The van der Waals surface area contributed by atoms with Gasteiger partial charge in [-0.2, -0.15) is 12.6 Å². The molecule has 0 aliphatic heterocycles. The molecule has 2 nitrogen and oxygen atoms in total. The van der Waals surface area contributed by atoms with Gasteiger partial charge in [-0.15, -0.1) is 0 Å². The van der Waals surface area contributed by atoms with Crippen LogP contribution in [0, 0.1) is 0 Å². The molecule has 0 bridgehead atoms. The number of thiocarbonyl (C=S) groups is 1. The third-order valence-corrected chi connectivity index (χ3v) is 2.30. The quantitative estimate of drug-likeness (QED) is 0.596. The maximum absolute atomic E-state index is 11.5. The van der Waals surface area contributed by atoms with Crippen molar-refractivity contribution in [2.45, 2.75) is 12.2 Å². The van der Waals surface area contributed by atoms with Crippen molar-refractivity contribution in [1.82, 2.24) is 5.32 Å². The summed E-state index contributed by atoms with van der Waals surface area (Å²) in [6.45, 7) is 1.67. The molecule has 14 heavy (non-hydrogen) atoms. The lowest BCUT2D eigenvalue weighted by Gasteiger charge is -2.10. The van der Waals surface area contributed by atoms with E-state index in [0.29, 0.717) is 4.99 Å². The van der Waals surface area contributed by atoms with Crippen molar-refractivity contribution in [1.29, 1.82) is 0 Å². The second-order valence-electron chi connectivity index (χ2n) is 2.86. The fourth-order valence-corrected chi connectivity index (χ4v) is 1.37. The van der Waals surface area contributed by atoms with E-state index >= 15 is 0 Å². The summed E-state index contributed by atoms with van der Waals surface area (Å²) >= 11 is 8.99. The summed E-state index contributed by atoms with van der Waals surface area (Å²) in [5, 5.41) is 2.09. The zero-order chi connectivity index (χ0) is 10.6. The van der Waals surface area contributed by atoms with E-state index in [1.165, 1.54) is 0 Å². The molecule has 0 radical (unpaired) electrons. The van der Waals surface area contributed by atoms with Crippen molar-refractivity contribution in [2.24, 2.45) is 0 Å². The first-order chi connectivity index (χ1) is 6.61. The maximum Gasteiger partial charge on any atom is 0.242 e. The van der Waals surface area contributed by atoms with Crippen molar-refractivity contribution >= 4 is 35.7 Å². The highest BCUT2D eigenvalue weighted by atomic mass is 32.1. The molecule has 74 valence electrons. The number of hydrogen-bond acceptors (Lipinski definition) is 3. The van der Waals surface area contributed by atoms with Gasteiger partial charge in [-0.1, -0.05) is 42.5 Å². The number of amides is 1. The molecular weight excluding hydrogens is 214 g/mol. The van der Waals surface area contributed by atoms with Crippen LogP contribution in [0.25, 0.3) is 0 Å². The fraction of sp³-hybridized carbons (Fsp3) is 0.200. The lowest BCUT2D eigenvalue weighted by Crippen LogP contribution is -2.29. The molecular formula is C10H11NOS2. The normalized spacial score (nSPS) is 11.9. The monoisotopic (exact) mass is 225 g/mol. The predicted octanol–water partition coefficient (Wildman–Crippen LogP) is 2.12. The highest BCUT2D eigenvalue weighted by Crippen LogP contribution is 2.19. The molecule has 1 N–H and O–H groups in total. The molecule has 0 aliphatic carbocycles. The first-order valence-corrected chi connectivity index (χ1v) is 5.08. The molecule has 0 fully saturated rings. The van der Waals surface area contributed by atoms with Crippen LogP contribution in [-0.2, 0) is 4.79 Å². The highest BCUT2D eigenvalue weighted by molar-refractivity contribution is 7.81. The van der Waals surface area contributed by atoms with E-state index in [2.05, 4.69) is 17.9 Å². The van der Waals surface area contributed by atoms with Gasteiger partial charge in [-0.3, -0.25) is 4.79 Å². The molecule has 1 rings (SSSR count). The second kappa shape index (κ2) is 5.12. The van der Waals surface area contributed by atoms with Crippen molar-refractivity contribution in [3.63, 3.8) is 0 Å². The number of hydrogen-bond donors (Lipinski definition) is 2. The maximum atomic E-state index is 11.5. The van der Waals surface area contributed by atoms with Gasteiger partial charge < -0.3 is 5.32 Å². The van der Waals surface area contributed by atoms with Crippen molar-refractivity contribution in [2.75, 3.05) is 0 Å². The SMILES string of the molecule is CC(=S)NC(=O)C(S)c1ccccc1. The minimum atomic E-state index is -0.464. The van der Waals surface area contributed by atoms with Crippen molar-refractivity contribution < 1.29 is 4.79 Å². The van der Waals surface area contributed by atoms with Crippen LogP contribution in [0.15, 0.2) is 30.3 Å². The number of thiol groups is 1. The molecule has 0 saturated heterocycles. The molecule has 0 saturated carbocycles. The van der Waals surface area contributed by atoms with Gasteiger partial charge in [-0.25, -0.2) is 0 Å². The summed E-state index contributed by atoms with van der Waals surface area (Å²) in [6.07, 6.45) is 0. The van der Waals surface area contributed by atoms with Crippen molar-refractivity contribution in [3.05, 3.63) is 35.9 Å². The van der Waals surface area contributed by atoms with Crippen LogP contribution in [0.2, 0.25) is 0 Å². The number of carbonyl (C=O) groups is 1.